The van der Waals surface area contributed by atoms with Crippen molar-refractivity contribution in [2.75, 3.05) is 6.54 Å². The molecule has 3 N–H and O–H groups in total. The normalized spacial score (nSPS) is 27.0. The van der Waals surface area contributed by atoms with E-state index in [1.165, 1.54) is 4.90 Å². The summed E-state index contributed by atoms with van der Waals surface area (Å²) < 4.78 is 47.7. The van der Waals surface area contributed by atoms with E-state index in [4.69, 9.17) is 24.0 Å². The van der Waals surface area contributed by atoms with Crippen LogP contribution in [0, 0.1) is 5.92 Å². The summed E-state index contributed by atoms with van der Waals surface area (Å²) in [7, 11) is -3.91. The number of fused-ring (bicyclic) bond motifs is 5. The van der Waals surface area contributed by atoms with Crippen LogP contribution < -0.4 is 20.1 Å². The first kappa shape index (κ1) is 38.1. The molecule has 0 unspecified atom stereocenters. The average molecular weight is 814 g/mol. The zero-order valence-corrected chi connectivity index (χ0v) is 32.8. The van der Waals surface area contributed by atoms with E-state index in [0.717, 1.165) is 43.9 Å². The van der Waals surface area contributed by atoms with Crippen LogP contribution in [-0.2, 0) is 29.1 Å². The lowest BCUT2D eigenvalue weighted by molar-refractivity contribution is -0.141. The predicted molar refractivity (Wildman–Crippen MR) is 210 cm³/mol. The van der Waals surface area contributed by atoms with Crippen LogP contribution in [-0.4, -0.2) is 93.4 Å². The molecule has 5 atom stereocenters. The largest absolute Gasteiger partial charge is 0.472 e. The third-order valence-corrected chi connectivity index (χ3v) is 13.8. The van der Waals surface area contributed by atoms with Gasteiger partial charge in [0.25, 0.3) is 5.91 Å². The van der Waals surface area contributed by atoms with Gasteiger partial charge < -0.3 is 29.4 Å². The number of nitrogens with one attached hydrogen (secondary N) is 3. The van der Waals surface area contributed by atoms with Crippen LogP contribution in [0.25, 0.3) is 28.0 Å². The summed E-state index contributed by atoms with van der Waals surface area (Å²) in [5.74, 6) is -1.53. The number of nitrogens with zero attached hydrogens (tertiary/aromatic N) is 4. The number of amides is 4. The summed E-state index contributed by atoms with van der Waals surface area (Å²) >= 11 is 0. The van der Waals surface area contributed by atoms with Crippen molar-refractivity contribution in [2.45, 2.75) is 119 Å². The molecule has 3 aromatic heterocycles. The van der Waals surface area contributed by atoms with Gasteiger partial charge in [-0.1, -0.05) is 37.1 Å². The molecule has 17 heteroatoms. The second-order valence-electron chi connectivity index (χ2n) is 16.2. The summed E-state index contributed by atoms with van der Waals surface area (Å²) in [6.45, 7) is -0.0357. The molecule has 2 aliphatic heterocycles. The van der Waals surface area contributed by atoms with E-state index in [9.17, 15) is 27.6 Å². The van der Waals surface area contributed by atoms with Crippen molar-refractivity contribution < 1.29 is 41.5 Å². The maximum Gasteiger partial charge on any atom is 0.408 e. The fourth-order valence-corrected chi connectivity index (χ4v) is 9.96. The highest BCUT2D eigenvalue weighted by Gasteiger charge is 2.62. The van der Waals surface area contributed by atoms with Gasteiger partial charge in [0.15, 0.2) is 11.4 Å². The quantitative estimate of drug-likeness (QED) is 0.211. The van der Waals surface area contributed by atoms with Crippen LogP contribution in [0.1, 0.15) is 83.5 Å². The van der Waals surface area contributed by atoms with Gasteiger partial charge in [0.2, 0.25) is 27.7 Å². The van der Waals surface area contributed by atoms with E-state index in [0.29, 0.717) is 60.6 Å². The number of benzene rings is 1. The first-order valence-electron chi connectivity index (χ1n) is 20.4. The number of rotatable bonds is 8. The van der Waals surface area contributed by atoms with Crippen LogP contribution >= 0.6 is 0 Å². The van der Waals surface area contributed by atoms with Gasteiger partial charge in [-0.2, -0.15) is 9.61 Å². The first-order chi connectivity index (χ1) is 28.1. The molecule has 0 radical (unpaired) electrons. The minimum Gasteiger partial charge on any atom is -0.472 e. The summed E-state index contributed by atoms with van der Waals surface area (Å²) in [5, 5.41) is 10.6. The Labute approximate surface area is 335 Å². The number of hydrogen-bond acceptors (Lipinski definition) is 11. The summed E-state index contributed by atoms with van der Waals surface area (Å²) in [4.78, 5) is 62.6. The van der Waals surface area contributed by atoms with Gasteiger partial charge in [-0.15, -0.1) is 0 Å². The van der Waals surface area contributed by atoms with Crippen molar-refractivity contribution in [3.8, 4) is 17.3 Å². The van der Waals surface area contributed by atoms with Crippen molar-refractivity contribution in [3.63, 3.8) is 0 Å². The Balaban J connectivity index is 1.04. The number of aromatic nitrogens is 3. The number of carbonyl (C=O) groups is 4. The topological polar surface area (TPSA) is 204 Å². The van der Waals surface area contributed by atoms with Crippen molar-refractivity contribution in [1.29, 1.82) is 0 Å². The van der Waals surface area contributed by atoms with E-state index in [-0.39, 0.29) is 25.5 Å². The highest BCUT2D eigenvalue weighted by atomic mass is 32.2. The number of sulfonamides is 1. The van der Waals surface area contributed by atoms with E-state index in [1.807, 2.05) is 36.4 Å². The van der Waals surface area contributed by atoms with Gasteiger partial charge in [-0.05, 0) is 88.5 Å². The molecule has 5 heterocycles. The monoisotopic (exact) mass is 813 g/mol. The maximum atomic E-state index is 14.7. The summed E-state index contributed by atoms with van der Waals surface area (Å²) in [6, 6.07) is 10.6. The zero-order chi connectivity index (χ0) is 40.0. The van der Waals surface area contributed by atoms with Crippen LogP contribution in [0.2, 0.25) is 0 Å². The Kier molecular flexibility index (Phi) is 10.1. The van der Waals surface area contributed by atoms with Crippen LogP contribution in [0.5, 0.6) is 5.88 Å². The highest BCUT2D eigenvalue weighted by molar-refractivity contribution is 7.91. The molecule has 1 saturated heterocycles. The minimum absolute atomic E-state index is 0.0239. The number of hydrogen-bond donors (Lipinski definition) is 3. The fourth-order valence-electron chi connectivity index (χ4n) is 8.59. The van der Waals surface area contributed by atoms with Gasteiger partial charge in [0.1, 0.15) is 35.5 Å². The summed E-state index contributed by atoms with van der Waals surface area (Å²) in [6.07, 6.45) is 11.6. The lowest BCUT2D eigenvalue weighted by Gasteiger charge is -2.30. The Morgan fingerprint density at radius 3 is 2.57 bits per heavy atom. The molecule has 3 aliphatic carbocycles. The number of furan rings is 1. The van der Waals surface area contributed by atoms with Gasteiger partial charge >= 0.3 is 6.09 Å². The highest BCUT2D eigenvalue weighted by Crippen LogP contribution is 2.46. The summed E-state index contributed by atoms with van der Waals surface area (Å²) in [5.41, 5.74) is 0.181. The van der Waals surface area contributed by atoms with E-state index in [1.54, 1.807) is 29.0 Å². The molecule has 306 valence electrons. The van der Waals surface area contributed by atoms with Crippen molar-refractivity contribution in [2.24, 2.45) is 5.92 Å². The minimum atomic E-state index is -3.91. The lowest BCUT2D eigenvalue weighted by Crippen LogP contribution is -2.58. The predicted octanol–water partition coefficient (Wildman–Crippen LogP) is 4.53. The zero-order valence-electron chi connectivity index (χ0n) is 32.0. The van der Waals surface area contributed by atoms with E-state index < -0.39 is 68.7 Å². The molecular weight excluding hydrogens is 767 g/mol. The molecule has 16 nitrogen and oxygen atoms in total. The molecule has 3 saturated carbocycles. The molecule has 4 amide bonds. The van der Waals surface area contributed by atoms with Gasteiger partial charge in [0, 0.05) is 23.8 Å². The Morgan fingerprint density at radius 2 is 1.78 bits per heavy atom. The molecule has 0 spiro atoms. The van der Waals surface area contributed by atoms with Crippen LogP contribution in [0.3, 0.4) is 0 Å². The second-order valence-corrected chi connectivity index (χ2v) is 18.2. The number of allylic oxidation sites excluding steroid dienone is 1. The molecule has 1 aromatic carbocycles. The number of alkyl carbamates (subject to hydrolysis) is 1. The Bertz CT molecular complexity index is 2370. The van der Waals surface area contributed by atoms with E-state index in [2.05, 4.69) is 15.4 Å². The maximum absolute atomic E-state index is 14.7. The third-order valence-electron chi connectivity index (χ3n) is 12.0. The molecular formula is C41H47N7O9S. The average Bonchev–Trinajstić information content (AvgIpc) is 3.81. The van der Waals surface area contributed by atoms with Crippen LogP contribution in [0.4, 0.5) is 4.79 Å². The van der Waals surface area contributed by atoms with Crippen molar-refractivity contribution in [1.82, 2.24) is 34.9 Å². The standard InChI is InChI=1S/C41H47N7O9S/c49-37-33-21-27(56-35-22-32(34-17-10-20-55-34)42-36-29-14-8-9-15-30(29)45-48(35)36)24-47(33)38(50)31(43-40(52)57-26-12-6-7-13-26)16-5-3-1-2-4-11-25-23-41(25,44-37)39(51)46-58(53,54)28-18-19-28/h4,8-11,14-15,17,20,22,25-28,31,33H,1-3,5-7,12-13,16,18-19,21,23-24H2,(H,43,52)(H,44,49)(H,46,51)/t25-,27-,31+,33+,41-/m1/s1. The molecule has 58 heavy (non-hydrogen) atoms. The SMILES string of the molecule is O=C(N[C@H]1CCCCCC=C[C@@H]2C[C@@]2(C(=O)NS(=O)(=O)C2CC2)NC(=O)[C@@H]2C[C@@H](Oc3cc(-c4ccco4)nc4c5ccccc5nn34)CN2C1=O)OC1CCCC1. The van der Waals surface area contributed by atoms with Crippen LogP contribution in [0.15, 0.2) is 65.3 Å². The van der Waals surface area contributed by atoms with E-state index >= 15 is 0 Å². The number of ether oxygens (including phenoxy) is 2. The molecule has 4 aromatic rings. The Morgan fingerprint density at radius 1 is 0.966 bits per heavy atom. The lowest BCUT2D eigenvalue weighted by atomic mass is 10.0. The molecule has 5 aliphatic rings. The Hall–Kier alpha value is -5.45. The van der Waals surface area contributed by atoms with Gasteiger partial charge in [-0.3, -0.25) is 19.1 Å². The first-order valence-corrected chi connectivity index (χ1v) is 21.9. The number of carbonyl (C=O) groups excluding carboxylic acids is 4. The molecule has 4 fully saturated rings. The van der Waals surface area contributed by atoms with Crippen molar-refractivity contribution >= 4 is 50.4 Å². The fraction of sp³-hybridized carbons (Fsp3) is 0.512. The second kappa shape index (κ2) is 15.4. The molecule has 9 rings (SSSR count). The van der Waals surface area contributed by atoms with Gasteiger partial charge in [0.05, 0.1) is 23.6 Å². The molecule has 0 bridgehead atoms. The third kappa shape index (κ3) is 7.63. The smallest absolute Gasteiger partial charge is 0.408 e. The van der Waals surface area contributed by atoms with Gasteiger partial charge in [-0.25, -0.2) is 18.2 Å². The van der Waals surface area contributed by atoms with Crippen molar-refractivity contribution in [3.05, 3.63) is 60.9 Å².